The molecule has 42 heavy (non-hydrogen) atoms. The predicted octanol–water partition coefficient (Wildman–Crippen LogP) is 5.17. The Bertz CT molecular complexity index is 1710. The molecule has 2 heterocycles. The molecule has 2 aliphatic heterocycles. The Morgan fingerprint density at radius 3 is 2.14 bits per heavy atom. The van der Waals surface area contributed by atoms with Crippen molar-refractivity contribution in [3.63, 3.8) is 0 Å². The van der Waals surface area contributed by atoms with Crippen LogP contribution in [-0.2, 0) is 21.4 Å². The highest BCUT2D eigenvalue weighted by molar-refractivity contribution is 7.92. The van der Waals surface area contributed by atoms with Gasteiger partial charge in [-0.1, -0.05) is 60.7 Å². The average molecular weight is 580 g/mol. The van der Waals surface area contributed by atoms with Crippen molar-refractivity contribution < 1.29 is 13.2 Å². The predicted molar refractivity (Wildman–Crippen MR) is 168 cm³/mol. The van der Waals surface area contributed by atoms with Crippen molar-refractivity contribution in [2.24, 2.45) is 0 Å². The minimum atomic E-state index is -3.79. The minimum absolute atomic E-state index is 0.165. The second-order valence-electron chi connectivity index (χ2n) is 10.7. The lowest BCUT2D eigenvalue weighted by molar-refractivity contribution is -0.110. The Labute approximate surface area is 246 Å². The Morgan fingerprint density at radius 2 is 1.45 bits per heavy atom. The summed E-state index contributed by atoms with van der Waals surface area (Å²) in [6.07, 6.45) is 0. The topological polar surface area (TPSA) is 93.8 Å². The number of nitrogens with zero attached hydrogens (tertiary/aromatic N) is 2. The van der Waals surface area contributed by atoms with Crippen LogP contribution in [0.3, 0.4) is 0 Å². The average Bonchev–Trinajstić information content (AvgIpc) is 3.33. The van der Waals surface area contributed by atoms with Gasteiger partial charge in [0.1, 0.15) is 0 Å². The number of carbonyl (C=O) groups is 1. The van der Waals surface area contributed by atoms with Crippen molar-refractivity contribution in [2.45, 2.75) is 11.4 Å². The molecule has 214 valence electrons. The van der Waals surface area contributed by atoms with Crippen LogP contribution < -0.4 is 15.4 Å². The highest BCUT2D eigenvalue weighted by atomic mass is 32.2. The number of anilines is 3. The molecule has 2 aliphatic rings. The molecule has 9 heteroatoms. The van der Waals surface area contributed by atoms with Crippen molar-refractivity contribution in [3.05, 3.63) is 120 Å². The van der Waals surface area contributed by atoms with E-state index < -0.39 is 10.0 Å². The first-order valence-corrected chi connectivity index (χ1v) is 15.4. The van der Waals surface area contributed by atoms with Gasteiger partial charge < -0.3 is 15.5 Å². The third-order valence-corrected chi connectivity index (χ3v) is 9.00. The summed E-state index contributed by atoms with van der Waals surface area (Å²) in [5, 5.41) is 6.44. The van der Waals surface area contributed by atoms with Crippen LogP contribution >= 0.6 is 0 Å². The molecule has 1 saturated heterocycles. The fourth-order valence-corrected chi connectivity index (χ4v) is 6.35. The van der Waals surface area contributed by atoms with Crippen LogP contribution in [0.25, 0.3) is 11.3 Å². The number of fused-ring (bicyclic) bond motifs is 1. The van der Waals surface area contributed by atoms with E-state index in [1.807, 2.05) is 42.5 Å². The summed E-state index contributed by atoms with van der Waals surface area (Å²) < 4.78 is 28.6. The second-order valence-corrected chi connectivity index (χ2v) is 12.3. The summed E-state index contributed by atoms with van der Waals surface area (Å²) >= 11 is 0. The number of piperazine rings is 1. The molecule has 0 bridgehead atoms. The summed E-state index contributed by atoms with van der Waals surface area (Å²) in [5.41, 5.74) is 5.62. The van der Waals surface area contributed by atoms with Crippen molar-refractivity contribution in [1.29, 1.82) is 0 Å². The zero-order valence-electron chi connectivity index (χ0n) is 23.4. The number of nitrogens with one attached hydrogen (secondary N) is 3. The van der Waals surface area contributed by atoms with Crippen molar-refractivity contribution in [2.75, 3.05) is 48.6 Å². The Balaban J connectivity index is 1.32. The molecule has 3 N–H and O–H groups in total. The van der Waals surface area contributed by atoms with E-state index in [-0.39, 0.29) is 10.8 Å². The normalized spacial score (nSPS) is 16.9. The van der Waals surface area contributed by atoms with Crippen LogP contribution in [0.1, 0.15) is 16.7 Å². The molecule has 8 nitrogen and oxygen atoms in total. The van der Waals surface area contributed by atoms with Gasteiger partial charge in [-0.2, -0.15) is 0 Å². The second kappa shape index (κ2) is 11.8. The van der Waals surface area contributed by atoms with Crippen LogP contribution in [-0.4, -0.2) is 57.4 Å². The van der Waals surface area contributed by atoms with Crippen LogP contribution in [0, 0.1) is 0 Å². The number of amides is 1. The van der Waals surface area contributed by atoms with Gasteiger partial charge in [-0.25, -0.2) is 8.42 Å². The molecule has 0 aromatic heterocycles. The number of carbonyl (C=O) groups excluding carboxylic acids is 1. The number of sulfonamides is 1. The fourth-order valence-electron chi connectivity index (χ4n) is 5.28. The van der Waals surface area contributed by atoms with E-state index in [2.05, 4.69) is 44.3 Å². The fraction of sp³-hybridized carbons (Fsp3) is 0.182. The summed E-state index contributed by atoms with van der Waals surface area (Å²) in [7, 11) is -1.64. The van der Waals surface area contributed by atoms with Gasteiger partial charge in [-0.15, -0.1) is 0 Å². The third-order valence-electron chi connectivity index (χ3n) is 7.61. The highest BCUT2D eigenvalue weighted by Gasteiger charge is 2.29. The largest absolute Gasteiger partial charge is 0.354 e. The van der Waals surface area contributed by atoms with Crippen LogP contribution in [0.5, 0.6) is 0 Å². The number of hydrogen-bond donors (Lipinski definition) is 3. The summed E-state index contributed by atoms with van der Waals surface area (Å²) in [6, 6.07) is 31.3. The molecule has 0 aliphatic carbocycles. The molecule has 0 saturated carbocycles. The minimum Gasteiger partial charge on any atom is -0.354 e. The molecule has 4 aromatic carbocycles. The van der Waals surface area contributed by atoms with E-state index in [1.165, 1.54) is 5.56 Å². The molecule has 0 unspecified atom stereocenters. The van der Waals surface area contributed by atoms with Crippen LogP contribution in [0.4, 0.5) is 17.1 Å². The number of hydrogen-bond acceptors (Lipinski definition) is 6. The summed E-state index contributed by atoms with van der Waals surface area (Å²) in [6.45, 7) is 5.16. The third kappa shape index (κ3) is 6.08. The number of likely N-dealkylation sites (N-methyl/N-ethyl adjacent to an activating group) is 1. The zero-order valence-corrected chi connectivity index (χ0v) is 24.2. The molecule has 0 radical (unpaired) electrons. The van der Waals surface area contributed by atoms with Gasteiger partial charge in [0.25, 0.3) is 15.9 Å². The van der Waals surface area contributed by atoms with Crippen molar-refractivity contribution in [3.8, 4) is 0 Å². The first-order valence-electron chi connectivity index (χ1n) is 14.0. The zero-order chi connectivity index (χ0) is 29.1. The summed E-state index contributed by atoms with van der Waals surface area (Å²) in [4.78, 5) is 18.4. The maximum Gasteiger partial charge on any atom is 0.261 e. The highest BCUT2D eigenvalue weighted by Crippen LogP contribution is 2.39. The Kier molecular flexibility index (Phi) is 7.80. The standard InChI is InChI=1S/C33H33N5O3S/c1-37-18-20-38(21-19-37)23-24-12-14-26(15-13-24)34-32(25-8-4-2-5-9-25)31-29-22-27(16-17-30(29)35-33(31)39)36-42(40,41)28-10-6-3-7-11-28/h2-17,22,34,36H,18-21,23H2,1H3,(H,35,39)/b32-31-. The van der Waals surface area contributed by atoms with Gasteiger partial charge >= 0.3 is 0 Å². The lowest BCUT2D eigenvalue weighted by Crippen LogP contribution is -2.43. The van der Waals surface area contributed by atoms with Gasteiger partial charge in [0, 0.05) is 55.3 Å². The van der Waals surface area contributed by atoms with E-state index in [0.29, 0.717) is 28.2 Å². The van der Waals surface area contributed by atoms with E-state index in [0.717, 1.165) is 44.0 Å². The molecule has 1 amide bonds. The smallest absolute Gasteiger partial charge is 0.261 e. The van der Waals surface area contributed by atoms with Gasteiger partial charge in [-0.3, -0.25) is 14.4 Å². The van der Waals surface area contributed by atoms with Crippen LogP contribution in [0.15, 0.2) is 108 Å². The maximum absolute atomic E-state index is 13.4. The maximum atomic E-state index is 13.4. The van der Waals surface area contributed by atoms with Crippen LogP contribution in [0.2, 0.25) is 0 Å². The lowest BCUT2D eigenvalue weighted by Gasteiger charge is -2.32. The van der Waals surface area contributed by atoms with Gasteiger partial charge in [-0.05, 0) is 60.6 Å². The molecular weight excluding hydrogens is 546 g/mol. The Hall–Kier alpha value is -4.44. The SMILES string of the molecule is CN1CCN(Cc2ccc(N/C(=C3\C(=O)Nc4ccc(NS(=O)(=O)c5ccccc5)cc43)c3ccccc3)cc2)CC1. The van der Waals surface area contributed by atoms with Crippen molar-refractivity contribution >= 4 is 44.3 Å². The molecule has 4 aromatic rings. The molecule has 0 spiro atoms. The number of rotatable bonds is 8. The van der Waals surface area contributed by atoms with Gasteiger partial charge in [0.05, 0.1) is 16.2 Å². The first kappa shape index (κ1) is 27.7. The van der Waals surface area contributed by atoms with E-state index in [1.54, 1.807) is 48.5 Å². The van der Waals surface area contributed by atoms with E-state index in [9.17, 15) is 13.2 Å². The summed E-state index contributed by atoms with van der Waals surface area (Å²) in [5.74, 6) is -0.258. The monoisotopic (exact) mass is 579 g/mol. The number of benzene rings is 4. The van der Waals surface area contributed by atoms with E-state index in [4.69, 9.17) is 0 Å². The quantitative estimate of drug-likeness (QED) is 0.250. The molecule has 0 atom stereocenters. The van der Waals surface area contributed by atoms with Gasteiger partial charge in [0.2, 0.25) is 0 Å². The van der Waals surface area contributed by atoms with E-state index >= 15 is 0 Å². The van der Waals surface area contributed by atoms with Crippen molar-refractivity contribution in [1.82, 2.24) is 9.80 Å². The Morgan fingerprint density at radius 1 is 0.810 bits per heavy atom. The first-order chi connectivity index (χ1) is 20.4. The molecular formula is C33H33N5O3S. The molecule has 1 fully saturated rings. The molecule has 6 rings (SSSR count). The van der Waals surface area contributed by atoms with Gasteiger partial charge in [0.15, 0.2) is 0 Å². The lowest BCUT2D eigenvalue weighted by atomic mass is 9.99.